The van der Waals surface area contributed by atoms with Crippen LogP contribution >= 0.6 is 11.6 Å². The molecular weight excluding hydrogens is 448 g/mol. The number of benzene rings is 1. The maximum Gasteiger partial charge on any atom is 0.407 e. The molecule has 0 aliphatic carbocycles. The van der Waals surface area contributed by atoms with E-state index in [0.29, 0.717) is 41.5 Å². The van der Waals surface area contributed by atoms with Crippen LogP contribution in [0.25, 0.3) is 0 Å². The average molecular weight is 479 g/mol. The van der Waals surface area contributed by atoms with Gasteiger partial charge in [-0.25, -0.2) is 14.4 Å². The summed E-state index contributed by atoms with van der Waals surface area (Å²) in [5.41, 5.74) is 0.868. The van der Waals surface area contributed by atoms with Gasteiger partial charge in [-0.1, -0.05) is 29.8 Å². The maximum absolute atomic E-state index is 12.7. The molecule has 3 rings (SSSR count). The zero-order valence-electron chi connectivity index (χ0n) is 19.4. The Morgan fingerprint density at radius 2 is 1.88 bits per heavy atom. The van der Waals surface area contributed by atoms with E-state index in [1.54, 1.807) is 24.3 Å². The Morgan fingerprint density at radius 1 is 1.21 bits per heavy atom. The minimum absolute atomic E-state index is 0.00337. The monoisotopic (exact) mass is 478 g/mol. The first-order valence-electron chi connectivity index (χ1n) is 10.9. The van der Waals surface area contributed by atoms with Gasteiger partial charge >= 0.3 is 18.1 Å². The molecule has 0 spiro atoms. The van der Waals surface area contributed by atoms with Crippen LogP contribution in [0.3, 0.4) is 0 Å². The summed E-state index contributed by atoms with van der Waals surface area (Å²) < 4.78 is 10.4. The van der Waals surface area contributed by atoms with Gasteiger partial charge in [-0.15, -0.1) is 0 Å². The first-order chi connectivity index (χ1) is 15.6. The SMILES string of the molecule is COC(=O)C1=C(CN2CCC(NC(=O)OC(C)(C)C)CC2)NC(=O)NC1c1ccccc1Cl. The highest BCUT2D eigenvalue weighted by Crippen LogP contribution is 2.32. The molecule has 1 unspecified atom stereocenters. The Balaban J connectivity index is 1.73. The van der Waals surface area contributed by atoms with Crippen molar-refractivity contribution in [2.45, 2.75) is 51.3 Å². The fourth-order valence-electron chi connectivity index (χ4n) is 3.97. The van der Waals surface area contributed by atoms with Crippen molar-refractivity contribution in [1.29, 1.82) is 0 Å². The molecule has 3 N–H and O–H groups in total. The van der Waals surface area contributed by atoms with Crippen molar-refractivity contribution in [1.82, 2.24) is 20.9 Å². The Bertz CT molecular complexity index is 935. The van der Waals surface area contributed by atoms with Crippen LogP contribution in [0.15, 0.2) is 35.5 Å². The van der Waals surface area contributed by atoms with E-state index in [-0.39, 0.29) is 6.04 Å². The number of ether oxygens (including phenoxy) is 2. The van der Waals surface area contributed by atoms with Gasteiger partial charge in [0.15, 0.2) is 0 Å². The quantitative estimate of drug-likeness (QED) is 0.561. The van der Waals surface area contributed by atoms with Crippen molar-refractivity contribution >= 4 is 29.7 Å². The molecule has 0 radical (unpaired) electrons. The lowest BCUT2D eigenvalue weighted by Crippen LogP contribution is -2.50. The summed E-state index contributed by atoms with van der Waals surface area (Å²) in [7, 11) is 1.31. The normalized spacial score (nSPS) is 20.0. The zero-order chi connectivity index (χ0) is 24.2. The summed E-state index contributed by atoms with van der Waals surface area (Å²) in [6.45, 7) is 7.19. The van der Waals surface area contributed by atoms with Gasteiger partial charge in [0, 0.05) is 36.4 Å². The van der Waals surface area contributed by atoms with Crippen LogP contribution in [0, 0.1) is 0 Å². The van der Waals surface area contributed by atoms with Gasteiger partial charge in [0.25, 0.3) is 0 Å². The van der Waals surface area contributed by atoms with Crippen molar-refractivity contribution in [3.8, 4) is 0 Å². The number of esters is 1. The molecule has 0 aromatic heterocycles. The van der Waals surface area contributed by atoms with Crippen molar-refractivity contribution in [3.63, 3.8) is 0 Å². The second-order valence-corrected chi connectivity index (χ2v) is 9.54. The number of nitrogens with zero attached hydrogens (tertiary/aromatic N) is 1. The predicted molar refractivity (Wildman–Crippen MR) is 124 cm³/mol. The standard InChI is InChI=1S/C23H31ClN4O5/c1-23(2,3)33-22(31)25-14-9-11-28(12-10-14)13-17-18(20(29)32-4)19(27-21(30)26-17)15-7-5-6-8-16(15)24/h5-8,14,19H,9-13H2,1-4H3,(H,25,31)(H2,26,27,30). The predicted octanol–water partition coefficient (Wildman–Crippen LogP) is 3.11. The number of methoxy groups -OCH3 is 1. The fourth-order valence-corrected chi connectivity index (χ4v) is 4.21. The Hall–Kier alpha value is -2.78. The molecule has 3 amide bonds. The fraction of sp³-hybridized carbons (Fsp3) is 0.522. The number of carbonyl (C=O) groups excluding carboxylic acids is 3. The Morgan fingerprint density at radius 3 is 2.48 bits per heavy atom. The number of rotatable bonds is 5. The van der Waals surface area contributed by atoms with Gasteiger partial charge in [-0.3, -0.25) is 4.90 Å². The largest absolute Gasteiger partial charge is 0.466 e. The number of amides is 3. The van der Waals surface area contributed by atoms with E-state index >= 15 is 0 Å². The molecule has 1 saturated heterocycles. The third-order valence-electron chi connectivity index (χ3n) is 5.47. The second-order valence-electron chi connectivity index (χ2n) is 9.13. The summed E-state index contributed by atoms with van der Waals surface area (Å²) in [6.07, 6.45) is 1.02. The molecule has 33 heavy (non-hydrogen) atoms. The molecule has 180 valence electrons. The van der Waals surface area contributed by atoms with Crippen LogP contribution in [0.4, 0.5) is 9.59 Å². The average Bonchev–Trinajstić information content (AvgIpc) is 2.73. The van der Waals surface area contributed by atoms with Gasteiger partial charge in [0.2, 0.25) is 0 Å². The summed E-state index contributed by atoms with van der Waals surface area (Å²) in [5.74, 6) is -0.538. The van der Waals surface area contributed by atoms with E-state index in [4.69, 9.17) is 21.1 Å². The number of hydrogen-bond donors (Lipinski definition) is 3. The smallest absolute Gasteiger partial charge is 0.407 e. The highest BCUT2D eigenvalue weighted by atomic mass is 35.5. The van der Waals surface area contributed by atoms with Crippen LogP contribution in [0.1, 0.15) is 45.2 Å². The summed E-state index contributed by atoms with van der Waals surface area (Å²) in [6, 6.07) is 5.93. The van der Waals surface area contributed by atoms with Crippen LogP contribution in [0.5, 0.6) is 0 Å². The third-order valence-corrected chi connectivity index (χ3v) is 5.81. The number of alkyl carbamates (subject to hydrolysis) is 1. The highest BCUT2D eigenvalue weighted by Gasteiger charge is 2.35. The molecule has 9 nitrogen and oxygen atoms in total. The van der Waals surface area contributed by atoms with Crippen molar-refractivity contribution in [3.05, 3.63) is 46.1 Å². The van der Waals surface area contributed by atoms with E-state index in [9.17, 15) is 14.4 Å². The molecule has 1 aromatic carbocycles. The summed E-state index contributed by atoms with van der Waals surface area (Å²) in [4.78, 5) is 39.3. The minimum Gasteiger partial charge on any atom is -0.466 e. The molecule has 0 bridgehead atoms. The molecule has 1 atom stereocenters. The highest BCUT2D eigenvalue weighted by molar-refractivity contribution is 6.31. The zero-order valence-corrected chi connectivity index (χ0v) is 20.1. The maximum atomic E-state index is 12.7. The van der Waals surface area contributed by atoms with Crippen molar-refractivity contribution in [2.24, 2.45) is 0 Å². The lowest BCUT2D eigenvalue weighted by Gasteiger charge is -2.35. The Kier molecular flexibility index (Phi) is 7.86. The van der Waals surface area contributed by atoms with Gasteiger partial charge in [0.1, 0.15) is 5.60 Å². The lowest BCUT2D eigenvalue weighted by atomic mass is 9.94. The van der Waals surface area contributed by atoms with Crippen LogP contribution in [-0.4, -0.2) is 61.4 Å². The molecule has 2 aliphatic rings. The topological polar surface area (TPSA) is 109 Å². The van der Waals surface area contributed by atoms with E-state index in [0.717, 1.165) is 12.8 Å². The number of nitrogens with one attached hydrogen (secondary N) is 3. The molecular formula is C23H31ClN4O5. The number of likely N-dealkylation sites (tertiary alicyclic amines) is 1. The first kappa shape index (κ1) is 24.9. The van der Waals surface area contributed by atoms with Crippen LogP contribution < -0.4 is 16.0 Å². The molecule has 10 heteroatoms. The number of carbonyl (C=O) groups is 3. The van der Waals surface area contributed by atoms with Crippen molar-refractivity contribution in [2.75, 3.05) is 26.7 Å². The second kappa shape index (κ2) is 10.4. The Labute approximate surface area is 198 Å². The molecule has 2 heterocycles. The molecule has 1 aromatic rings. The van der Waals surface area contributed by atoms with Crippen LogP contribution in [-0.2, 0) is 14.3 Å². The molecule has 2 aliphatic heterocycles. The minimum atomic E-state index is -0.721. The third kappa shape index (κ3) is 6.61. The van der Waals surface area contributed by atoms with Gasteiger partial charge in [-0.2, -0.15) is 0 Å². The van der Waals surface area contributed by atoms with E-state index < -0.39 is 29.7 Å². The summed E-state index contributed by atoms with van der Waals surface area (Å²) in [5, 5.41) is 8.90. The van der Waals surface area contributed by atoms with Crippen molar-refractivity contribution < 1.29 is 23.9 Å². The number of urea groups is 1. The summed E-state index contributed by atoms with van der Waals surface area (Å²) >= 11 is 6.35. The first-order valence-corrected chi connectivity index (χ1v) is 11.3. The van der Waals surface area contributed by atoms with E-state index in [2.05, 4.69) is 20.9 Å². The van der Waals surface area contributed by atoms with E-state index in [1.165, 1.54) is 7.11 Å². The van der Waals surface area contributed by atoms with Gasteiger partial charge < -0.3 is 25.4 Å². The van der Waals surface area contributed by atoms with Gasteiger partial charge in [0.05, 0.1) is 18.7 Å². The molecule has 0 saturated carbocycles. The number of piperidine rings is 1. The van der Waals surface area contributed by atoms with Gasteiger partial charge in [-0.05, 0) is 45.2 Å². The number of hydrogen-bond acceptors (Lipinski definition) is 6. The molecule has 1 fully saturated rings. The van der Waals surface area contributed by atoms with E-state index in [1.807, 2.05) is 20.8 Å². The number of halogens is 1. The van der Waals surface area contributed by atoms with Crippen LogP contribution in [0.2, 0.25) is 5.02 Å². The lowest BCUT2D eigenvalue weighted by molar-refractivity contribution is -0.136.